The molecule has 1 rings (SSSR count). The summed E-state index contributed by atoms with van der Waals surface area (Å²) in [6.07, 6.45) is 1.38. The maximum atomic E-state index is 11.7. The minimum atomic E-state index is -1.25. The second kappa shape index (κ2) is 9.00. The Balaban J connectivity index is 3.44. The van der Waals surface area contributed by atoms with Gasteiger partial charge in [0.05, 0.1) is 5.71 Å². The number of benzene rings is 1. The van der Waals surface area contributed by atoms with Crippen molar-refractivity contribution < 1.29 is 15.0 Å². The third-order valence-corrected chi connectivity index (χ3v) is 3.20. The number of nitrogens with one attached hydrogen (secondary N) is 1. The summed E-state index contributed by atoms with van der Waals surface area (Å²) < 4.78 is 0. The normalized spacial score (nSPS) is 13.6. The van der Waals surface area contributed by atoms with Crippen LogP contribution in [-0.4, -0.2) is 35.0 Å². The van der Waals surface area contributed by atoms with Gasteiger partial charge in [-0.15, -0.1) is 0 Å². The Morgan fingerprint density at radius 2 is 1.87 bits per heavy atom. The average Bonchev–Trinajstić information content (AvgIpc) is 2.47. The van der Waals surface area contributed by atoms with Gasteiger partial charge in [-0.3, -0.25) is 4.99 Å². The molecular formula is C17H21ClN2O3. The number of nitrogens with zero attached hydrogens (tertiary/aromatic N) is 1. The van der Waals surface area contributed by atoms with Crippen LogP contribution in [-0.2, 0) is 4.79 Å². The lowest BCUT2D eigenvalue weighted by Crippen LogP contribution is -2.17. The lowest BCUT2D eigenvalue weighted by molar-refractivity contribution is -0.132. The summed E-state index contributed by atoms with van der Waals surface area (Å²) in [7, 11) is 0. The first kappa shape index (κ1) is 18.8. The minimum Gasteiger partial charge on any atom is -0.507 e. The maximum absolute atomic E-state index is 11.7. The second-order valence-electron chi connectivity index (χ2n) is 4.75. The first-order chi connectivity index (χ1) is 10.9. The first-order valence-corrected chi connectivity index (χ1v) is 7.67. The van der Waals surface area contributed by atoms with Crippen molar-refractivity contribution in [2.24, 2.45) is 4.99 Å². The Labute approximate surface area is 141 Å². The smallest absolute Gasteiger partial charge is 0.341 e. The molecule has 3 N–H and O–H groups in total. The third kappa shape index (κ3) is 5.45. The van der Waals surface area contributed by atoms with Gasteiger partial charge in [0, 0.05) is 29.4 Å². The highest BCUT2D eigenvalue weighted by molar-refractivity contribution is 6.31. The Hall–Kier alpha value is -2.27. The highest BCUT2D eigenvalue weighted by Crippen LogP contribution is 2.17. The molecule has 124 valence electrons. The van der Waals surface area contributed by atoms with E-state index in [1.54, 1.807) is 38.1 Å². The Morgan fingerprint density at radius 3 is 2.35 bits per heavy atom. The van der Waals surface area contributed by atoms with Gasteiger partial charge in [0.1, 0.15) is 11.3 Å². The minimum absolute atomic E-state index is 0.217. The summed E-state index contributed by atoms with van der Waals surface area (Å²) in [6, 6.07) is 6.65. The standard InChI is InChI=1S/C17H21ClN2O3/c1-4-19-11(3)10-14(21)15(17(22)23)16(20-5-2)12-6-8-13(18)9-7-12/h6-10,19,21H,4-5H2,1-3H3,(H,22,23)/b11-10-,15-14?,20-16?. The van der Waals surface area contributed by atoms with Crippen molar-refractivity contribution in [3.05, 3.63) is 58.0 Å². The van der Waals surface area contributed by atoms with E-state index in [1.165, 1.54) is 6.08 Å². The number of allylic oxidation sites excluding steroid dienone is 2. The van der Waals surface area contributed by atoms with Crippen LogP contribution >= 0.6 is 11.6 Å². The molecule has 0 aliphatic carbocycles. The van der Waals surface area contributed by atoms with Gasteiger partial charge in [0.25, 0.3) is 0 Å². The molecule has 0 aliphatic rings. The number of hydrogen-bond acceptors (Lipinski definition) is 4. The molecule has 0 saturated heterocycles. The topological polar surface area (TPSA) is 81.9 Å². The second-order valence-corrected chi connectivity index (χ2v) is 5.19. The van der Waals surface area contributed by atoms with E-state index < -0.39 is 5.97 Å². The highest BCUT2D eigenvalue weighted by Gasteiger charge is 2.21. The molecule has 5 nitrogen and oxygen atoms in total. The van der Waals surface area contributed by atoms with Gasteiger partial charge in [-0.1, -0.05) is 23.7 Å². The number of aliphatic carboxylic acids is 1. The van der Waals surface area contributed by atoms with Crippen molar-refractivity contribution in [3.63, 3.8) is 0 Å². The fourth-order valence-electron chi connectivity index (χ4n) is 2.02. The van der Waals surface area contributed by atoms with E-state index in [9.17, 15) is 15.0 Å². The van der Waals surface area contributed by atoms with Crippen molar-refractivity contribution in [1.82, 2.24) is 5.32 Å². The number of aliphatic hydroxyl groups excluding tert-OH is 1. The van der Waals surface area contributed by atoms with E-state index in [2.05, 4.69) is 10.3 Å². The van der Waals surface area contributed by atoms with Crippen molar-refractivity contribution in [2.75, 3.05) is 13.1 Å². The number of carboxylic acids is 1. The van der Waals surface area contributed by atoms with Crippen LogP contribution in [0.4, 0.5) is 0 Å². The van der Waals surface area contributed by atoms with Gasteiger partial charge >= 0.3 is 5.97 Å². The van der Waals surface area contributed by atoms with E-state index in [0.717, 1.165) is 0 Å². The van der Waals surface area contributed by atoms with Gasteiger partial charge < -0.3 is 15.5 Å². The molecule has 0 radical (unpaired) electrons. The molecule has 6 heteroatoms. The maximum Gasteiger partial charge on any atom is 0.341 e. The van der Waals surface area contributed by atoms with Gasteiger partial charge in [-0.05, 0) is 39.0 Å². The summed E-state index contributed by atoms with van der Waals surface area (Å²) in [5.74, 6) is -1.59. The number of aliphatic hydroxyl groups is 1. The first-order valence-electron chi connectivity index (χ1n) is 7.30. The van der Waals surface area contributed by atoms with Crippen molar-refractivity contribution in [1.29, 1.82) is 0 Å². The number of rotatable bonds is 7. The predicted octanol–water partition coefficient (Wildman–Crippen LogP) is 3.56. The third-order valence-electron chi connectivity index (χ3n) is 2.95. The summed E-state index contributed by atoms with van der Waals surface area (Å²) in [5.41, 5.74) is 1.21. The van der Waals surface area contributed by atoms with Crippen LogP contribution in [0, 0.1) is 0 Å². The molecule has 1 aromatic carbocycles. The van der Waals surface area contributed by atoms with Crippen molar-refractivity contribution in [2.45, 2.75) is 20.8 Å². The number of aliphatic imine (C=N–C) groups is 1. The average molecular weight is 337 g/mol. The Bertz CT molecular complexity index is 646. The van der Waals surface area contributed by atoms with E-state index in [-0.39, 0.29) is 17.0 Å². The molecule has 0 unspecified atom stereocenters. The predicted molar refractivity (Wildman–Crippen MR) is 93.3 cm³/mol. The molecule has 0 bridgehead atoms. The number of carbonyl (C=O) groups is 1. The highest BCUT2D eigenvalue weighted by atomic mass is 35.5. The molecule has 0 saturated carbocycles. The summed E-state index contributed by atoms with van der Waals surface area (Å²) in [4.78, 5) is 15.9. The molecule has 0 aromatic heterocycles. The van der Waals surface area contributed by atoms with Gasteiger partial charge in [0.15, 0.2) is 0 Å². The van der Waals surface area contributed by atoms with Crippen LogP contribution in [0.1, 0.15) is 26.3 Å². The van der Waals surface area contributed by atoms with Crippen LogP contribution in [0.3, 0.4) is 0 Å². The van der Waals surface area contributed by atoms with Gasteiger partial charge in [-0.25, -0.2) is 4.79 Å². The SMILES string of the molecule is CCN=C(C(C(=O)O)=C(O)/C=C(/C)NCC)c1ccc(Cl)cc1. The zero-order valence-corrected chi connectivity index (χ0v) is 14.2. The fourth-order valence-corrected chi connectivity index (χ4v) is 2.15. The van der Waals surface area contributed by atoms with Crippen LogP contribution in [0.15, 0.2) is 52.4 Å². The summed E-state index contributed by atoms with van der Waals surface area (Å²) in [6.45, 7) is 6.52. The molecule has 0 spiro atoms. The van der Waals surface area contributed by atoms with Gasteiger partial charge in [-0.2, -0.15) is 0 Å². The Kier molecular flexibility index (Phi) is 7.35. The summed E-state index contributed by atoms with van der Waals surface area (Å²) >= 11 is 5.87. The van der Waals surface area contributed by atoms with Crippen molar-refractivity contribution >= 4 is 23.3 Å². The quantitative estimate of drug-likeness (QED) is 0.308. The van der Waals surface area contributed by atoms with Crippen molar-refractivity contribution in [3.8, 4) is 0 Å². The molecule has 0 atom stereocenters. The number of halogens is 1. The van der Waals surface area contributed by atoms with Crippen LogP contribution in [0.2, 0.25) is 5.02 Å². The van der Waals surface area contributed by atoms with Gasteiger partial charge in [0.2, 0.25) is 0 Å². The number of carboxylic acid groups (broad SMARTS) is 1. The molecule has 23 heavy (non-hydrogen) atoms. The molecular weight excluding hydrogens is 316 g/mol. The molecule has 0 aliphatic heterocycles. The zero-order valence-electron chi connectivity index (χ0n) is 13.4. The van der Waals surface area contributed by atoms with Crippen LogP contribution in [0.5, 0.6) is 0 Å². The molecule has 0 amide bonds. The van der Waals surface area contributed by atoms with E-state index >= 15 is 0 Å². The Morgan fingerprint density at radius 1 is 1.26 bits per heavy atom. The zero-order chi connectivity index (χ0) is 17.4. The monoisotopic (exact) mass is 336 g/mol. The lowest BCUT2D eigenvalue weighted by atomic mass is 10.0. The van der Waals surface area contributed by atoms with E-state index in [4.69, 9.17) is 11.6 Å². The number of hydrogen-bond donors (Lipinski definition) is 3. The van der Waals surface area contributed by atoms with Crippen LogP contribution < -0.4 is 5.32 Å². The van der Waals surface area contributed by atoms with E-state index in [1.807, 2.05) is 6.92 Å². The molecule has 0 fully saturated rings. The largest absolute Gasteiger partial charge is 0.507 e. The molecule has 1 aromatic rings. The lowest BCUT2D eigenvalue weighted by Gasteiger charge is -2.10. The molecule has 0 heterocycles. The van der Waals surface area contributed by atoms with Crippen LogP contribution in [0.25, 0.3) is 0 Å². The summed E-state index contributed by atoms with van der Waals surface area (Å²) in [5, 5.41) is 23.3. The fraction of sp³-hybridized carbons (Fsp3) is 0.294. The van der Waals surface area contributed by atoms with E-state index in [0.29, 0.717) is 29.4 Å².